The van der Waals surface area contributed by atoms with E-state index in [4.69, 9.17) is 4.74 Å². The number of nitrogens with zero attached hydrogens (tertiary/aromatic N) is 2. The molecular weight excluding hydrogens is 399 g/mol. The van der Waals surface area contributed by atoms with Crippen LogP contribution in [-0.4, -0.2) is 22.6 Å². The Hall–Kier alpha value is -3.36. The molecule has 0 saturated carbocycles. The monoisotopic (exact) mass is 419 g/mol. The van der Waals surface area contributed by atoms with Gasteiger partial charge in [-0.25, -0.2) is 4.98 Å². The second kappa shape index (κ2) is 8.17. The van der Waals surface area contributed by atoms with Crippen LogP contribution in [0.3, 0.4) is 0 Å². The smallest absolute Gasteiger partial charge is 0.438 e. The van der Waals surface area contributed by atoms with E-state index in [0.29, 0.717) is 5.75 Å². The molecule has 1 N–H and O–H groups in total. The predicted molar refractivity (Wildman–Crippen MR) is 105 cm³/mol. The Morgan fingerprint density at radius 2 is 1.87 bits per heavy atom. The second-order valence-electron chi connectivity index (χ2n) is 6.90. The van der Waals surface area contributed by atoms with Gasteiger partial charge < -0.3 is 10.1 Å². The molecule has 0 bridgehead atoms. The number of alkyl halides is 3. The van der Waals surface area contributed by atoms with Crippen molar-refractivity contribution >= 4 is 16.9 Å². The number of hydrogen-bond donors (Lipinski definition) is 1. The van der Waals surface area contributed by atoms with Crippen LogP contribution in [0.4, 0.5) is 13.2 Å². The van der Waals surface area contributed by atoms with Gasteiger partial charge in [-0.2, -0.15) is 13.2 Å². The number of hydrogen-bond acceptors (Lipinski definition) is 4. The Morgan fingerprint density at radius 1 is 1.17 bits per heavy atom. The first-order valence-corrected chi connectivity index (χ1v) is 9.08. The average Bonchev–Trinajstić information content (AvgIpc) is 2.69. The fraction of sp³-hybridized carbons (Fsp3) is 0.286. The van der Waals surface area contributed by atoms with Crippen LogP contribution in [0.15, 0.2) is 41.2 Å². The molecule has 0 spiro atoms. The van der Waals surface area contributed by atoms with Gasteiger partial charge in [-0.15, -0.1) is 0 Å². The quantitative estimate of drug-likeness (QED) is 0.688. The van der Waals surface area contributed by atoms with Gasteiger partial charge in [-0.1, -0.05) is 12.1 Å². The molecule has 0 aliphatic rings. The lowest BCUT2D eigenvalue weighted by Gasteiger charge is -2.15. The zero-order chi connectivity index (χ0) is 22.1. The maximum absolute atomic E-state index is 13.3. The number of methoxy groups -OCH3 is 1. The molecule has 0 atom stereocenters. The van der Waals surface area contributed by atoms with Gasteiger partial charge in [0.2, 0.25) is 11.6 Å². The molecule has 6 nitrogen and oxygen atoms in total. The SMILES string of the molecule is COc1cccc(CNC(=O)Cn2c(=O)c(C(F)(F)F)nc3cc(C)c(C)cc32)c1. The molecule has 0 radical (unpaired) electrons. The molecule has 3 rings (SSSR count). The van der Waals surface area contributed by atoms with Gasteiger partial charge in [0.15, 0.2) is 0 Å². The van der Waals surface area contributed by atoms with E-state index in [-0.39, 0.29) is 17.6 Å². The number of amides is 1. The van der Waals surface area contributed by atoms with E-state index >= 15 is 0 Å². The maximum atomic E-state index is 13.3. The van der Waals surface area contributed by atoms with Crippen LogP contribution in [0.25, 0.3) is 11.0 Å². The highest BCUT2D eigenvalue weighted by Gasteiger charge is 2.37. The Bertz CT molecular complexity index is 1170. The molecule has 1 heterocycles. The van der Waals surface area contributed by atoms with Crippen LogP contribution in [0.5, 0.6) is 5.75 Å². The van der Waals surface area contributed by atoms with E-state index in [1.807, 2.05) is 0 Å². The topological polar surface area (TPSA) is 73.2 Å². The van der Waals surface area contributed by atoms with Gasteiger partial charge in [-0.05, 0) is 54.8 Å². The summed E-state index contributed by atoms with van der Waals surface area (Å²) in [6.45, 7) is 3.08. The highest BCUT2D eigenvalue weighted by molar-refractivity contribution is 5.81. The van der Waals surface area contributed by atoms with E-state index < -0.39 is 29.9 Å². The Kier molecular flexibility index (Phi) is 5.82. The summed E-state index contributed by atoms with van der Waals surface area (Å²) in [5.41, 5.74) is -0.464. The molecule has 2 aromatic carbocycles. The molecule has 3 aromatic rings. The van der Waals surface area contributed by atoms with Crippen molar-refractivity contribution in [1.29, 1.82) is 0 Å². The fourth-order valence-corrected chi connectivity index (χ4v) is 3.02. The Labute approximate surface area is 170 Å². The third-order valence-electron chi connectivity index (χ3n) is 4.76. The van der Waals surface area contributed by atoms with Crippen molar-refractivity contribution in [1.82, 2.24) is 14.9 Å². The van der Waals surface area contributed by atoms with Crippen molar-refractivity contribution in [3.63, 3.8) is 0 Å². The fourth-order valence-electron chi connectivity index (χ4n) is 3.02. The molecule has 0 saturated heterocycles. The Morgan fingerprint density at radius 3 is 2.53 bits per heavy atom. The number of carbonyl (C=O) groups is 1. The molecule has 0 aliphatic heterocycles. The highest BCUT2D eigenvalue weighted by atomic mass is 19.4. The third kappa shape index (κ3) is 4.45. The lowest BCUT2D eigenvalue weighted by atomic mass is 10.1. The molecule has 30 heavy (non-hydrogen) atoms. The summed E-state index contributed by atoms with van der Waals surface area (Å²) in [4.78, 5) is 28.5. The molecule has 158 valence electrons. The largest absolute Gasteiger partial charge is 0.497 e. The van der Waals surface area contributed by atoms with Crippen LogP contribution < -0.4 is 15.6 Å². The van der Waals surface area contributed by atoms with Gasteiger partial charge in [0.25, 0.3) is 5.56 Å². The minimum absolute atomic E-state index is 0.00520. The van der Waals surface area contributed by atoms with Gasteiger partial charge in [-0.3, -0.25) is 14.2 Å². The van der Waals surface area contributed by atoms with Crippen molar-refractivity contribution in [3.05, 3.63) is 69.1 Å². The van der Waals surface area contributed by atoms with Crippen LogP contribution in [-0.2, 0) is 24.1 Å². The Balaban J connectivity index is 1.95. The summed E-state index contributed by atoms with van der Waals surface area (Å²) in [6, 6.07) is 10.0. The first kappa shape index (κ1) is 21.4. The van der Waals surface area contributed by atoms with Crippen molar-refractivity contribution in [3.8, 4) is 5.75 Å². The van der Waals surface area contributed by atoms with Crippen LogP contribution in [0, 0.1) is 13.8 Å². The van der Waals surface area contributed by atoms with E-state index in [1.165, 1.54) is 13.2 Å². The predicted octanol–water partition coefficient (Wildman–Crippen LogP) is 3.36. The summed E-state index contributed by atoms with van der Waals surface area (Å²) < 4.78 is 45.9. The second-order valence-corrected chi connectivity index (χ2v) is 6.90. The molecule has 1 amide bonds. The lowest BCUT2D eigenvalue weighted by molar-refractivity contribution is -0.142. The zero-order valence-electron chi connectivity index (χ0n) is 16.6. The number of rotatable bonds is 5. The van der Waals surface area contributed by atoms with Gasteiger partial charge >= 0.3 is 6.18 Å². The number of halogens is 3. The highest BCUT2D eigenvalue weighted by Crippen LogP contribution is 2.27. The molecule has 1 aromatic heterocycles. The number of nitrogens with one attached hydrogen (secondary N) is 1. The molecule has 0 unspecified atom stereocenters. The van der Waals surface area contributed by atoms with Crippen LogP contribution >= 0.6 is 0 Å². The summed E-state index contributed by atoms with van der Waals surface area (Å²) in [5.74, 6) is 0.0116. The molecule has 0 fully saturated rings. The van der Waals surface area contributed by atoms with E-state index in [2.05, 4.69) is 10.3 Å². The van der Waals surface area contributed by atoms with Crippen molar-refractivity contribution < 1.29 is 22.7 Å². The van der Waals surface area contributed by atoms with Gasteiger partial charge in [0.05, 0.1) is 18.1 Å². The van der Waals surface area contributed by atoms with Crippen LogP contribution in [0.2, 0.25) is 0 Å². The summed E-state index contributed by atoms with van der Waals surface area (Å²) in [5, 5.41) is 2.62. The molecule has 0 aliphatic carbocycles. The van der Waals surface area contributed by atoms with E-state index in [9.17, 15) is 22.8 Å². The number of aromatic nitrogens is 2. The lowest BCUT2D eigenvalue weighted by Crippen LogP contribution is -2.36. The molecular formula is C21H20F3N3O3. The zero-order valence-corrected chi connectivity index (χ0v) is 16.6. The first-order chi connectivity index (χ1) is 14.1. The van der Waals surface area contributed by atoms with Gasteiger partial charge in [0.1, 0.15) is 12.3 Å². The summed E-state index contributed by atoms with van der Waals surface area (Å²) in [7, 11) is 1.51. The number of benzene rings is 2. The first-order valence-electron chi connectivity index (χ1n) is 9.08. The standard InChI is InChI=1S/C21H20F3N3O3/c1-12-7-16-17(8-13(12)2)27(20(29)19(26-16)21(22,23)24)11-18(28)25-10-14-5-4-6-15(9-14)30-3/h4-9H,10-11H2,1-3H3,(H,25,28). The van der Waals surface area contributed by atoms with Crippen molar-refractivity contribution in [2.24, 2.45) is 0 Å². The number of aryl methyl sites for hydroxylation is 2. The van der Waals surface area contributed by atoms with Crippen molar-refractivity contribution in [2.75, 3.05) is 7.11 Å². The van der Waals surface area contributed by atoms with Crippen molar-refractivity contribution in [2.45, 2.75) is 33.1 Å². The van der Waals surface area contributed by atoms with E-state index in [0.717, 1.165) is 21.3 Å². The van der Waals surface area contributed by atoms with Crippen LogP contribution in [0.1, 0.15) is 22.4 Å². The summed E-state index contributed by atoms with van der Waals surface area (Å²) in [6.07, 6.45) is -4.93. The normalized spacial score (nSPS) is 11.5. The minimum atomic E-state index is -4.93. The average molecular weight is 419 g/mol. The third-order valence-corrected chi connectivity index (χ3v) is 4.76. The number of ether oxygens (including phenoxy) is 1. The minimum Gasteiger partial charge on any atom is -0.497 e. The van der Waals surface area contributed by atoms with Gasteiger partial charge in [0, 0.05) is 6.54 Å². The van der Waals surface area contributed by atoms with E-state index in [1.54, 1.807) is 44.2 Å². The summed E-state index contributed by atoms with van der Waals surface area (Å²) >= 11 is 0. The molecule has 9 heteroatoms. The number of carbonyl (C=O) groups excluding carboxylic acids is 1. The maximum Gasteiger partial charge on any atom is 0.438 e. The number of fused-ring (bicyclic) bond motifs is 1.